The maximum atomic E-state index is 12.8. The van der Waals surface area contributed by atoms with Crippen LogP contribution in [0.2, 0.25) is 0 Å². The van der Waals surface area contributed by atoms with Crippen molar-refractivity contribution in [3.63, 3.8) is 0 Å². The van der Waals surface area contributed by atoms with E-state index in [-0.39, 0.29) is 12.4 Å². The summed E-state index contributed by atoms with van der Waals surface area (Å²) in [5.74, 6) is 2.86. The van der Waals surface area contributed by atoms with Crippen LogP contribution < -0.4 is 5.73 Å². The van der Waals surface area contributed by atoms with Crippen LogP contribution in [0.1, 0.15) is 37.7 Å². The molecule has 5 rings (SSSR count). The van der Waals surface area contributed by atoms with Crippen LogP contribution in [0.5, 0.6) is 0 Å². The summed E-state index contributed by atoms with van der Waals surface area (Å²) in [6.45, 7) is 1.01. The molecule has 2 aliphatic heterocycles. The molecule has 120 valence electrons. The molecule has 22 heavy (non-hydrogen) atoms. The molecule has 2 saturated carbocycles. The van der Waals surface area contributed by atoms with Gasteiger partial charge in [-0.1, -0.05) is 12.1 Å². The van der Waals surface area contributed by atoms with Crippen LogP contribution in [-0.2, 0) is 11.2 Å². The van der Waals surface area contributed by atoms with E-state index >= 15 is 0 Å². The molecule has 4 bridgehead atoms. The molecule has 4 aliphatic rings. The first-order valence-corrected chi connectivity index (χ1v) is 8.31. The molecular formula is C18H25ClN2O. The number of carbonyl (C=O) groups is 1. The van der Waals surface area contributed by atoms with Crippen LogP contribution >= 0.6 is 12.4 Å². The Bertz CT molecular complexity index is 531. The summed E-state index contributed by atoms with van der Waals surface area (Å²) in [4.78, 5) is 15.0. The number of nitrogens with two attached hydrogens (primary N) is 1. The standard InChI is InChI=1S/C18H24N2O.ClH/c19-16-3-1-12(2-4-16)10-18(21)20-11-15-6-13-5-14(7-15)9-17(20)8-13;/h1-4,13-15,17H,5-11,19H2;1H. The zero-order chi connectivity index (χ0) is 14.4. The lowest BCUT2D eigenvalue weighted by atomic mass is 9.68. The minimum atomic E-state index is 0. The highest BCUT2D eigenvalue weighted by atomic mass is 35.5. The lowest BCUT2D eigenvalue weighted by molar-refractivity contribution is -0.133. The number of anilines is 1. The summed E-state index contributed by atoms with van der Waals surface area (Å²) in [7, 11) is 0. The van der Waals surface area contributed by atoms with Gasteiger partial charge in [0.1, 0.15) is 0 Å². The zero-order valence-corrected chi connectivity index (χ0v) is 13.7. The number of benzene rings is 1. The predicted molar refractivity (Wildman–Crippen MR) is 90.9 cm³/mol. The molecule has 0 aromatic heterocycles. The third-order valence-corrected chi connectivity index (χ3v) is 5.76. The molecule has 2 N–H and O–H groups in total. The Morgan fingerprint density at radius 1 is 1.00 bits per heavy atom. The molecule has 2 atom stereocenters. The fourth-order valence-corrected chi connectivity index (χ4v) is 5.00. The summed E-state index contributed by atoms with van der Waals surface area (Å²) in [6, 6.07) is 8.25. The van der Waals surface area contributed by atoms with E-state index < -0.39 is 0 Å². The van der Waals surface area contributed by atoms with Crippen molar-refractivity contribution < 1.29 is 4.79 Å². The fourth-order valence-electron chi connectivity index (χ4n) is 5.00. The van der Waals surface area contributed by atoms with Crippen LogP contribution in [0.4, 0.5) is 5.69 Å². The van der Waals surface area contributed by atoms with Gasteiger partial charge in [-0.05, 0) is 67.6 Å². The molecule has 2 aliphatic carbocycles. The molecule has 2 saturated heterocycles. The zero-order valence-electron chi connectivity index (χ0n) is 12.9. The van der Waals surface area contributed by atoms with Gasteiger partial charge in [0, 0.05) is 18.3 Å². The van der Waals surface area contributed by atoms with Gasteiger partial charge in [0.15, 0.2) is 0 Å². The highest BCUT2D eigenvalue weighted by Gasteiger charge is 2.43. The van der Waals surface area contributed by atoms with E-state index in [4.69, 9.17) is 5.73 Å². The fraction of sp³-hybridized carbons (Fsp3) is 0.611. The van der Waals surface area contributed by atoms with Crippen molar-refractivity contribution >= 4 is 24.0 Å². The minimum Gasteiger partial charge on any atom is -0.399 e. The van der Waals surface area contributed by atoms with Crippen LogP contribution in [0.15, 0.2) is 24.3 Å². The second-order valence-electron chi connectivity index (χ2n) is 7.39. The van der Waals surface area contributed by atoms with Crippen molar-refractivity contribution in [3.8, 4) is 0 Å². The molecule has 0 radical (unpaired) electrons. The molecule has 4 heteroatoms. The molecule has 1 amide bonds. The van der Waals surface area contributed by atoms with Crippen molar-refractivity contribution in [2.24, 2.45) is 17.8 Å². The lowest BCUT2D eigenvalue weighted by Crippen LogP contribution is -2.42. The van der Waals surface area contributed by atoms with Crippen molar-refractivity contribution in [3.05, 3.63) is 29.8 Å². The molecular weight excluding hydrogens is 296 g/mol. The highest BCUT2D eigenvalue weighted by Crippen LogP contribution is 2.47. The Morgan fingerprint density at radius 2 is 1.59 bits per heavy atom. The van der Waals surface area contributed by atoms with Gasteiger partial charge in [-0.15, -0.1) is 12.4 Å². The number of carbonyl (C=O) groups excluding carboxylic acids is 1. The molecule has 3 nitrogen and oxygen atoms in total. The maximum absolute atomic E-state index is 12.8. The number of hydrogen-bond acceptors (Lipinski definition) is 2. The van der Waals surface area contributed by atoms with E-state index in [9.17, 15) is 4.79 Å². The second-order valence-corrected chi connectivity index (χ2v) is 7.39. The summed E-state index contributed by atoms with van der Waals surface area (Å²) in [6.07, 6.45) is 7.17. The monoisotopic (exact) mass is 320 g/mol. The van der Waals surface area contributed by atoms with E-state index in [2.05, 4.69) is 4.90 Å². The minimum absolute atomic E-state index is 0. The Balaban J connectivity index is 0.00000144. The molecule has 1 aromatic carbocycles. The molecule has 4 fully saturated rings. The van der Waals surface area contributed by atoms with E-state index in [1.54, 1.807) is 0 Å². The van der Waals surface area contributed by atoms with E-state index in [1.807, 2.05) is 24.3 Å². The summed E-state index contributed by atoms with van der Waals surface area (Å²) >= 11 is 0. The summed E-state index contributed by atoms with van der Waals surface area (Å²) in [5.41, 5.74) is 7.56. The molecule has 0 spiro atoms. The van der Waals surface area contributed by atoms with Crippen molar-refractivity contribution in [1.29, 1.82) is 0 Å². The molecule has 1 aromatic rings. The van der Waals surface area contributed by atoms with Gasteiger partial charge in [-0.2, -0.15) is 0 Å². The van der Waals surface area contributed by atoms with E-state index in [0.717, 1.165) is 35.5 Å². The van der Waals surface area contributed by atoms with Crippen LogP contribution in [0.25, 0.3) is 0 Å². The number of amides is 1. The SMILES string of the molecule is Cl.Nc1ccc(CC(=O)N2CC3CC4CC(C3)CC2C4)cc1. The first kappa shape index (κ1) is 15.7. The third kappa shape index (κ3) is 2.96. The van der Waals surface area contributed by atoms with Crippen molar-refractivity contribution in [2.45, 2.75) is 44.6 Å². The maximum Gasteiger partial charge on any atom is 0.227 e. The normalized spacial score (nSPS) is 32.5. The number of nitrogens with zero attached hydrogens (tertiary/aromatic N) is 1. The Kier molecular flexibility index (Phi) is 4.35. The number of halogens is 1. The Hall–Kier alpha value is -1.22. The number of rotatable bonds is 2. The Morgan fingerprint density at radius 3 is 2.23 bits per heavy atom. The Labute approximate surface area is 138 Å². The average Bonchev–Trinajstić information content (AvgIpc) is 2.65. The largest absolute Gasteiger partial charge is 0.399 e. The van der Waals surface area contributed by atoms with Gasteiger partial charge >= 0.3 is 0 Å². The van der Waals surface area contributed by atoms with Crippen LogP contribution in [-0.4, -0.2) is 23.4 Å². The van der Waals surface area contributed by atoms with Gasteiger partial charge in [0.2, 0.25) is 5.91 Å². The number of nitrogen functional groups attached to an aromatic ring is 1. The third-order valence-electron chi connectivity index (χ3n) is 5.76. The first-order chi connectivity index (χ1) is 10.2. The van der Waals surface area contributed by atoms with E-state index in [0.29, 0.717) is 18.4 Å². The van der Waals surface area contributed by atoms with Gasteiger partial charge < -0.3 is 10.6 Å². The van der Waals surface area contributed by atoms with Gasteiger partial charge in [-0.25, -0.2) is 0 Å². The first-order valence-electron chi connectivity index (χ1n) is 8.31. The summed E-state index contributed by atoms with van der Waals surface area (Å²) in [5, 5.41) is 0. The molecule has 2 heterocycles. The highest BCUT2D eigenvalue weighted by molar-refractivity contribution is 5.85. The molecule has 2 unspecified atom stereocenters. The second kappa shape index (κ2) is 6.11. The number of fused-ring (bicyclic) bond motifs is 1. The van der Waals surface area contributed by atoms with Gasteiger partial charge in [0.05, 0.1) is 6.42 Å². The quantitative estimate of drug-likeness (QED) is 0.850. The lowest BCUT2D eigenvalue weighted by Gasteiger charge is -2.39. The number of hydrogen-bond donors (Lipinski definition) is 1. The summed E-state index contributed by atoms with van der Waals surface area (Å²) < 4.78 is 0. The van der Waals surface area contributed by atoms with Gasteiger partial charge in [0.25, 0.3) is 0 Å². The van der Waals surface area contributed by atoms with E-state index in [1.165, 1.54) is 32.1 Å². The van der Waals surface area contributed by atoms with Crippen LogP contribution in [0.3, 0.4) is 0 Å². The smallest absolute Gasteiger partial charge is 0.227 e. The predicted octanol–water partition coefficient (Wildman–Crippen LogP) is 3.27. The van der Waals surface area contributed by atoms with Crippen LogP contribution in [0, 0.1) is 17.8 Å². The topological polar surface area (TPSA) is 46.3 Å². The van der Waals surface area contributed by atoms with Crippen molar-refractivity contribution in [2.75, 3.05) is 12.3 Å². The van der Waals surface area contributed by atoms with Crippen molar-refractivity contribution in [1.82, 2.24) is 4.90 Å². The van der Waals surface area contributed by atoms with Gasteiger partial charge in [-0.3, -0.25) is 4.79 Å². The average molecular weight is 321 g/mol.